The maximum atomic E-state index is 11.7. The number of anilines is 1. The highest BCUT2D eigenvalue weighted by Gasteiger charge is 2.13. The molecule has 2 aromatic rings. The Kier molecular flexibility index (Phi) is 5.87. The molecule has 0 radical (unpaired) electrons. The Labute approximate surface area is 137 Å². The summed E-state index contributed by atoms with van der Waals surface area (Å²) in [4.78, 5) is 34.5. The summed E-state index contributed by atoms with van der Waals surface area (Å²) >= 11 is 1.17. The largest absolute Gasteiger partial charge is 0.456 e. The van der Waals surface area contributed by atoms with Crippen LogP contribution in [0.15, 0.2) is 41.8 Å². The van der Waals surface area contributed by atoms with E-state index in [0.29, 0.717) is 11.4 Å². The van der Waals surface area contributed by atoms with Crippen molar-refractivity contribution in [2.75, 3.05) is 11.9 Å². The number of thiophene rings is 1. The van der Waals surface area contributed by atoms with E-state index in [-0.39, 0.29) is 12.0 Å². The molecule has 1 heterocycles. The van der Waals surface area contributed by atoms with E-state index in [1.807, 2.05) is 30.3 Å². The molecular formula is C16H16N2O4S. The second-order valence-corrected chi connectivity index (χ2v) is 5.64. The van der Waals surface area contributed by atoms with Crippen LogP contribution >= 0.6 is 11.3 Å². The Morgan fingerprint density at radius 1 is 1.13 bits per heavy atom. The van der Waals surface area contributed by atoms with Crippen LogP contribution in [0.2, 0.25) is 0 Å². The summed E-state index contributed by atoms with van der Waals surface area (Å²) in [6, 6.07) is 11.0. The highest BCUT2D eigenvalue weighted by atomic mass is 32.1. The number of nitrogens with one attached hydrogen (secondary N) is 1. The van der Waals surface area contributed by atoms with E-state index in [2.05, 4.69) is 5.32 Å². The van der Waals surface area contributed by atoms with Crippen molar-refractivity contribution in [1.82, 2.24) is 0 Å². The van der Waals surface area contributed by atoms with Gasteiger partial charge in [0.15, 0.2) is 6.61 Å². The minimum atomic E-state index is -0.624. The molecule has 0 bridgehead atoms. The molecule has 2 amide bonds. The molecule has 0 saturated carbocycles. The minimum absolute atomic E-state index is 0.197. The number of amides is 2. The maximum Gasteiger partial charge on any atom is 0.306 e. The fraction of sp³-hybridized carbons (Fsp3) is 0.188. The Bertz CT molecular complexity index is 697. The molecule has 1 aromatic carbocycles. The Morgan fingerprint density at radius 2 is 1.87 bits per heavy atom. The van der Waals surface area contributed by atoms with Crippen molar-refractivity contribution in [3.63, 3.8) is 0 Å². The fourth-order valence-electron chi connectivity index (χ4n) is 1.87. The molecule has 0 aliphatic heterocycles. The van der Waals surface area contributed by atoms with E-state index in [1.165, 1.54) is 17.4 Å². The molecule has 0 aliphatic rings. The van der Waals surface area contributed by atoms with Gasteiger partial charge in [0.1, 0.15) is 5.00 Å². The van der Waals surface area contributed by atoms with Crippen LogP contribution in [-0.2, 0) is 20.7 Å². The zero-order chi connectivity index (χ0) is 16.7. The number of primary amides is 1. The molecule has 6 nitrogen and oxygen atoms in total. The first kappa shape index (κ1) is 16.7. The highest BCUT2D eigenvalue weighted by Crippen LogP contribution is 2.22. The van der Waals surface area contributed by atoms with E-state index < -0.39 is 24.4 Å². The zero-order valence-corrected chi connectivity index (χ0v) is 13.1. The summed E-state index contributed by atoms with van der Waals surface area (Å²) < 4.78 is 4.91. The monoisotopic (exact) mass is 332 g/mol. The van der Waals surface area contributed by atoms with Gasteiger partial charge in [0, 0.05) is 6.42 Å². The normalized spacial score (nSPS) is 10.1. The first-order chi connectivity index (χ1) is 11.1. The van der Waals surface area contributed by atoms with Crippen LogP contribution in [0.3, 0.4) is 0 Å². The van der Waals surface area contributed by atoms with E-state index in [4.69, 9.17) is 10.5 Å². The van der Waals surface area contributed by atoms with Crippen LogP contribution in [-0.4, -0.2) is 24.4 Å². The first-order valence-corrected chi connectivity index (χ1v) is 7.81. The van der Waals surface area contributed by atoms with E-state index in [0.717, 1.165) is 5.56 Å². The van der Waals surface area contributed by atoms with E-state index in [9.17, 15) is 14.4 Å². The molecule has 0 fully saturated rings. The van der Waals surface area contributed by atoms with Crippen molar-refractivity contribution >= 4 is 34.1 Å². The number of hydrogen-bond acceptors (Lipinski definition) is 5. The lowest BCUT2D eigenvalue weighted by Gasteiger charge is -2.06. The van der Waals surface area contributed by atoms with Crippen LogP contribution in [0, 0.1) is 0 Å². The van der Waals surface area contributed by atoms with Crippen LogP contribution < -0.4 is 11.1 Å². The summed E-state index contributed by atoms with van der Waals surface area (Å²) in [5.41, 5.74) is 6.44. The number of carbonyl (C=O) groups excluding carboxylic acids is 3. The third kappa shape index (κ3) is 5.23. The molecule has 0 aliphatic carbocycles. The minimum Gasteiger partial charge on any atom is -0.456 e. The number of aryl methyl sites for hydroxylation is 1. The first-order valence-electron chi connectivity index (χ1n) is 6.93. The van der Waals surface area contributed by atoms with Crippen molar-refractivity contribution in [2.45, 2.75) is 12.8 Å². The lowest BCUT2D eigenvalue weighted by molar-refractivity contribution is -0.147. The van der Waals surface area contributed by atoms with Gasteiger partial charge in [-0.25, -0.2) is 0 Å². The summed E-state index contributed by atoms with van der Waals surface area (Å²) in [6.07, 6.45) is 0.751. The van der Waals surface area contributed by atoms with Gasteiger partial charge in [0.05, 0.1) is 5.56 Å². The zero-order valence-electron chi connectivity index (χ0n) is 12.3. The maximum absolute atomic E-state index is 11.7. The van der Waals surface area contributed by atoms with Gasteiger partial charge in [-0.3, -0.25) is 14.4 Å². The van der Waals surface area contributed by atoms with Gasteiger partial charge in [-0.05, 0) is 23.4 Å². The quantitative estimate of drug-likeness (QED) is 0.757. The molecule has 7 heteroatoms. The van der Waals surface area contributed by atoms with Crippen LogP contribution in [0.4, 0.5) is 5.00 Å². The van der Waals surface area contributed by atoms with Crippen LogP contribution in [0.25, 0.3) is 0 Å². The van der Waals surface area contributed by atoms with Crippen molar-refractivity contribution < 1.29 is 19.1 Å². The molecular weight excluding hydrogens is 316 g/mol. The fourth-order valence-corrected chi connectivity index (χ4v) is 2.68. The van der Waals surface area contributed by atoms with Crippen molar-refractivity contribution in [3.8, 4) is 0 Å². The van der Waals surface area contributed by atoms with Gasteiger partial charge in [0.25, 0.3) is 11.8 Å². The summed E-state index contributed by atoms with van der Waals surface area (Å²) in [7, 11) is 0. The number of carbonyl (C=O) groups is 3. The second kappa shape index (κ2) is 8.09. The van der Waals surface area contributed by atoms with E-state index >= 15 is 0 Å². The molecule has 0 unspecified atom stereocenters. The third-order valence-electron chi connectivity index (χ3n) is 3.01. The third-order valence-corrected chi connectivity index (χ3v) is 3.84. The molecule has 120 valence electrons. The Hall–Kier alpha value is -2.67. The number of esters is 1. The molecule has 0 saturated heterocycles. The topological polar surface area (TPSA) is 98.5 Å². The number of ether oxygens (including phenoxy) is 1. The Balaban J connectivity index is 1.74. The second-order valence-electron chi connectivity index (χ2n) is 4.72. The smallest absolute Gasteiger partial charge is 0.306 e. The van der Waals surface area contributed by atoms with Gasteiger partial charge in [-0.1, -0.05) is 30.3 Å². The van der Waals surface area contributed by atoms with E-state index in [1.54, 1.807) is 5.38 Å². The highest BCUT2D eigenvalue weighted by molar-refractivity contribution is 7.14. The predicted octanol–water partition coefficient (Wildman–Crippen LogP) is 1.96. The SMILES string of the molecule is NC(=O)c1ccsc1NC(=O)COC(=O)CCc1ccccc1. The molecule has 3 N–H and O–H groups in total. The van der Waals surface area contributed by atoms with Crippen LogP contribution in [0.5, 0.6) is 0 Å². The van der Waals surface area contributed by atoms with Crippen molar-refractivity contribution in [2.24, 2.45) is 5.73 Å². The van der Waals surface area contributed by atoms with Crippen molar-refractivity contribution in [1.29, 1.82) is 0 Å². The molecule has 1 aromatic heterocycles. The van der Waals surface area contributed by atoms with Gasteiger partial charge in [-0.2, -0.15) is 0 Å². The number of nitrogens with two attached hydrogens (primary N) is 1. The molecule has 23 heavy (non-hydrogen) atoms. The standard InChI is InChI=1S/C16H16N2O4S/c17-15(21)12-8-9-23-16(12)18-13(19)10-22-14(20)7-6-11-4-2-1-3-5-11/h1-5,8-9H,6-7,10H2,(H2,17,21)(H,18,19). The van der Waals surface area contributed by atoms with Crippen molar-refractivity contribution in [3.05, 3.63) is 52.9 Å². The number of benzene rings is 1. The van der Waals surface area contributed by atoms with Gasteiger partial charge >= 0.3 is 5.97 Å². The predicted molar refractivity (Wildman–Crippen MR) is 87.2 cm³/mol. The number of rotatable bonds is 7. The van der Waals surface area contributed by atoms with Gasteiger partial charge in [0.2, 0.25) is 0 Å². The average Bonchev–Trinajstić information content (AvgIpc) is 3.00. The molecule has 2 rings (SSSR count). The summed E-state index contributed by atoms with van der Waals surface area (Å²) in [5, 5.41) is 4.49. The average molecular weight is 332 g/mol. The lowest BCUT2D eigenvalue weighted by atomic mass is 10.1. The number of hydrogen-bond donors (Lipinski definition) is 2. The van der Waals surface area contributed by atoms with Gasteiger partial charge in [-0.15, -0.1) is 11.3 Å². The molecule has 0 spiro atoms. The van der Waals surface area contributed by atoms with Gasteiger partial charge < -0.3 is 15.8 Å². The van der Waals surface area contributed by atoms with Crippen LogP contribution in [0.1, 0.15) is 22.3 Å². The lowest BCUT2D eigenvalue weighted by Crippen LogP contribution is -2.22. The molecule has 0 atom stereocenters. The summed E-state index contributed by atoms with van der Waals surface area (Å²) in [5.74, 6) is -1.59. The Morgan fingerprint density at radius 3 is 2.57 bits per heavy atom. The summed E-state index contributed by atoms with van der Waals surface area (Å²) in [6.45, 7) is -0.399.